The molecule has 8 heteroatoms. The molecule has 164 valence electrons. The van der Waals surface area contributed by atoms with Crippen molar-refractivity contribution in [2.24, 2.45) is 17.3 Å². The summed E-state index contributed by atoms with van der Waals surface area (Å²) < 4.78 is 42.0. The first-order valence-electron chi connectivity index (χ1n) is 10.9. The lowest BCUT2D eigenvalue weighted by atomic mass is 9.86. The quantitative estimate of drug-likeness (QED) is 0.811. The van der Waals surface area contributed by atoms with Gasteiger partial charge in [0.15, 0.2) is 0 Å². The van der Waals surface area contributed by atoms with Gasteiger partial charge < -0.3 is 15.1 Å². The second kappa shape index (κ2) is 7.64. The molecule has 1 aromatic carbocycles. The van der Waals surface area contributed by atoms with E-state index in [0.29, 0.717) is 24.2 Å². The number of anilines is 1. The Kier molecular flexibility index (Phi) is 5.06. The van der Waals surface area contributed by atoms with E-state index < -0.39 is 18.0 Å². The van der Waals surface area contributed by atoms with Gasteiger partial charge in [-0.25, -0.2) is 0 Å². The molecule has 4 heterocycles. The highest BCUT2D eigenvalue weighted by atomic mass is 19.4. The average molecular weight is 429 g/mol. The zero-order valence-corrected chi connectivity index (χ0v) is 17.3. The molecule has 5 rings (SSSR count). The summed E-state index contributed by atoms with van der Waals surface area (Å²) in [6.07, 6.45) is -0.433. The summed E-state index contributed by atoms with van der Waals surface area (Å²) >= 11 is 0. The Morgan fingerprint density at radius 2 is 2.10 bits per heavy atom. The topological polar surface area (TPSA) is 55.2 Å². The molecule has 3 atom stereocenters. The number of alkyl halides is 3. The van der Waals surface area contributed by atoms with Crippen molar-refractivity contribution in [3.8, 4) is 6.07 Å². The zero-order valence-electron chi connectivity index (χ0n) is 17.3. The fourth-order valence-corrected chi connectivity index (χ4v) is 5.81. The van der Waals surface area contributed by atoms with Gasteiger partial charge in [-0.15, -0.1) is 0 Å². The smallest absolute Gasteiger partial charge is 0.370 e. The number of rotatable bonds is 3. The first kappa shape index (κ1) is 20.5. The summed E-state index contributed by atoms with van der Waals surface area (Å²) in [6, 6.07) is 9.17. The Balaban J connectivity index is 1.40. The number of benzene rings is 1. The monoisotopic (exact) mass is 429 g/mol. The van der Waals surface area contributed by atoms with Crippen molar-refractivity contribution in [2.75, 3.05) is 50.7 Å². The van der Waals surface area contributed by atoms with Crippen molar-refractivity contribution in [3.05, 3.63) is 36.0 Å². The highest BCUT2D eigenvalue weighted by Crippen LogP contribution is 2.43. The van der Waals surface area contributed by atoms with E-state index >= 15 is 0 Å². The number of nitrogens with zero attached hydrogens (tertiary/aromatic N) is 4. The van der Waals surface area contributed by atoms with Crippen LogP contribution in [0.5, 0.6) is 0 Å². The summed E-state index contributed by atoms with van der Waals surface area (Å²) in [5.41, 5.74) is 1.97. The van der Waals surface area contributed by atoms with Crippen LogP contribution in [0.15, 0.2) is 30.5 Å². The lowest BCUT2D eigenvalue weighted by molar-refractivity contribution is -0.180. The minimum absolute atomic E-state index is 0.0510. The number of fused-ring (bicyclic) bond motifs is 1. The van der Waals surface area contributed by atoms with Crippen LogP contribution in [0, 0.1) is 28.6 Å². The maximum Gasteiger partial charge on any atom is 0.393 e. The van der Waals surface area contributed by atoms with Gasteiger partial charge in [-0.05, 0) is 55.6 Å². The van der Waals surface area contributed by atoms with Crippen LogP contribution in [0.3, 0.4) is 0 Å². The van der Waals surface area contributed by atoms with Gasteiger partial charge in [0.25, 0.3) is 0 Å². The molecular weight excluding hydrogens is 403 g/mol. The molecule has 3 aliphatic heterocycles. The van der Waals surface area contributed by atoms with Crippen molar-refractivity contribution in [3.63, 3.8) is 0 Å². The third kappa shape index (κ3) is 3.74. The average Bonchev–Trinajstić information content (AvgIpc) is 3.48. The van der Waals surface area contributed by atoms with Crippen LogP contribution >= 0.6 is 0 Å². The Bertz CT molecular complexity index is 1010. The number of hydrogen-bond acceptors (Lipinski definition) is 5. The fraction of sp³-hybridized carbons (Fsp3) is 0.565. The minimum Gasteiger partial charge on any atom is -0.370 e. The molecule has 0 saturated carbocycles. The number of halogens is 3. The third-order valence-corrected chi connectivity index (χ3v) is 7.41. The first-order valence-corrected chi connectivity index (χ1v) is 10.9. The molecule has 3 aliphatic rings. The summed E-state index contributed by atoms with van der Waals surface area (Å²) in [7, 11) is 0. The fourth-order valence-electron chi connectivity index (χ4n) is 5.81. The molecule has 0 aliphatic carbocycles. The number of hydrogen-bond donors (Lipinski definition) is 1. The Morgan fingerprint density at radius 1 is 1.23 bits per heavy atom. The predicted molar refractivity (Wildman–Crippen MR) is 113 cm³/mol. The standard InChI is InChI=1S/C23H26F3N5/c24-23(25,26)19-13-31(20-4-3-16(10-27)21-18(20)2-1-7-29-21)12-17(19)11-30-9-6-22(15-30)5-8-28-14-22/h1-4,7,17,19,28H,5-6,8-9,11-15H2/t17-,19-,22?/m0/s1. The third-order valence-electron chi connectivity index (χ3n) is 7.41. The summed E-state index contributed by atoms with van der Waals surface area (Å²) in [4.78, 5) is 8.40. The molecule has 0 amide bonds. The van der Waals surface area contributed by atoms with Crippen LogP contribution in [-0.2, 0) is 0 Å². The first-order chi connectivity index (χ1) is 14.9. The zero-order chi connectivity index (χ0) is 21.6. The molecule has 5 nitrogen and oxygen atoms in total. The van der Waals surface area contributed by atoms with Gasteiger partial charge in [-0.2, -0.15) is 18.4 Å². The number of pyridine rings is 1. The molecule has 0 bridgehead atoms. The molecule has 3 fully saturated rings. The number of likely N-dealkylation sites (tertiary alicyclic amines) is 1. The van der Waals surface area contributed by atoms with E-state index in [9.17, 15) is 18.4 Å². The van der Waals surface area contributed by atoms with E-state index in [0.717, 1.165) is 50.1 Å². The van der Waals surface area contributed by atoms with Crippen LogP contribution in [0.25, 0.3) is 10.9 Å². The normalized spacial score (nSPS) is 29.3. The van der Waals surface area contributed by atoms with Gasteiger partial charge in [-0.3, -0.25) is 4.98 Å². The van der Waals surface area contributed by atoms with Crippen LogP contribution in [-0.4, -0.2) is 61.9 Å². The van der Waals surface area contributed by atoms with Crippen molar-refractivity contribution in [2.45, 2.75) is 19.0 Å². The Hall–Kier alpha value is -2.37. The van der Waals surface area contributed by atoms with Crippen LogP contribution < -0.4 is 10.2 Å². The van der Waals surface area contributed by atoms with Crippen LogP contribution in [0.1, 0.15) is 18.4 Å². The van der Waals surface area contributed by atoms with Gasteiger partial charge in [0.1, 0.15) is 6.07 Å². The largest absolute Gasteiger partial charge is 0.393 e. The van der Waals surface area contributed by atoms with Gasteiger partial charge in [0.2, 0.25) is 0 Å². The number of aromatic nitrogens is 1. The van der Waals surface area contributed by atoms with Crippen molar-refractivity contribution < 1.29 is 13.2 Å². The maximum atomic E-state index is 14.0. The molecule has 2 aromatic rings. The van der Waals surface area contributed by atoms with E-state index in [2.05, 4.69) is 21.3 Å². The minimum atomic E-state index is -4.23. The molecule has 1 N–H and O–H groups in total. The molecule has 1 spiro atoms. The van der Waals surface area contributed by atoms with Crippen molar-refractivity contribution in [1.82, 2.24) is 15.2 Å². The molecule has 1 unspecified atom stereocenters. The van der Waals surface area contributed by atoms with E-state index in [-0.39, 0.29) is 12.0 Å². The van der Waals surface area contributed by atoms with E-state index in [1.807, 2.05) is 11.0 Å². The van der Waals surface area contributed by atoms with Crippen LogP contribution in [0.2, 0.25) is 0 Å². The lowest BCUT2D eigenvalue weighted by Gasteiger charge is -2.27. The van der Waals surface area contributed by atoms with Gasteiger partial charge in [0, 0.05) is 55.9 Å². The molecule has 3 saturated heterocycles. The molecular formula is C23H26F3N5. The van der Waals surface area contributed by atoms with E-state index in [1.54, 1.807) is 24.4 Å². The summed E-state index contributed by atoms with van der Waals surface area (Å²) in [5, 5.41) is 13.5. The van der Waals surface area contributed by atoms with Gasteiger partial charge in [-0.1, -0.05) is 0 Å². The Labute approximate surface area is 179 Å². The SMILES string of the molecule is N#Cc1ccc(N2C[C@H](CN3CCC4(CCNC4)C3)[C@@H](C(F)(F)F)C2)c2cccnc12. The lowest BCUT2D eigenvalue weighted by Crippen LogP contribution is -2.38. The van der Waals surface area contributed by atoms with Crippen LogP contribution in [0.4, 0.5) is 18.9 Å². The highest BCUT2D eigenvalue weighted by molar-refractivity contribution is 5.95. The highest BCUT2D eigenvalue weighted by Gasteiger charge is 2.51. The molecule has 0 radical (unpaired) electrons. The van der Waals surface area contributed by atoms with E-state index in [1.165, 1.54) is 0 Å². The second-order valence-electron chi connectivity index (χ2n) is 9.37. The van der Waals surface area contributed by atoms with Crippen molar-refractivity contribution in [1.29, 1.82) is 5.26 Å². The number of nitriles is 1. The predicted octanol–water partition coefficient (Wildman–Crippen LogP) is 3.41. The number of nitrogens with one attached hydrogen (secondary N) is 1. The summed E-state index contributed by atoms with van der Waals surface area (Å²) in [6.45, 7) is 4.56. The second-order valence-corrected chi connectivity index (χ2v) is 9.37. The summed E-state index contributed by atoms with van der Waals surface area (Å²) in [5.74, 6) is -1.82. The van der Waals surface area contributed by atoms with Gasteiger partial charge in [0.05, 0.1) is 17.0 Å². The van der Waals surface area contributed by atoms with E-state index in [4.69, 9.17) is 0 Å². The molecule has 31 heavy (non-hydrogen) atoms. The Morgan fingerprint density at radius 3 is 2.84 bits per heavy atom. The maximum absolute atomic E-state index is 14.0. The van der Waals surface area contributed by atoms with Crippen molar-refractivity contribution >= 4 is 16.6 Å². The van der Waals surface area contributed by atoms with Gasteiger partial charge >= 0.3 is 6.18 Å². The molecule has 1 aromatic heterocycles.